The molecule has 0 spiro atoms. The Labute approximate surface area is 188 Å². The number of hydrogen-bond acceptors (Lipinski definition) is 5. The Morgan fingerprint density at radius 2 is 2.00 bits per heavy atom. The number of benzene rings is 1. The molecular formula is C25H30N6O. The summed E-state index contributed by atoms with van der Waals surface area (Å²) >= 11 is 0. The van der Waals surface area contributed by atoms with Crippen molar-refractivity contribution in [3.63, 3.8) is 0 Å². The number of amides is 1. The van der Waals surface area contributed by atoms with Gasteiger partial charge in [-0.1, -0.05) is 6.07 Å². The summed E-state index contributed by atoms with van der Waals surface area (Å²) in [6.45, 7) is 5.82. The molecule has 1 aliphatic carbocycles. The maximum absolute atomic E-state index is 12.8. The van der Waals surface area contributed by atoms with Crippen molar-refractivity contribution in [2.75, 3.05) is 17.2 Å². The number of fused-ring (bicyclic) bond motifs is 1. The van der Waals surface area contributed by atoms with Crippen LogP contribution in [-0.2, 0) is 13.0 Å². The molecule has 0 bridgehead atoms. The van der Waals surface area contributed by atoms with Crippen molar-refractivity contribution in [1.82, 2.24) is 20.2 Å². The van der Waals surface area contributed by atoms with Crippen LogP contribution in [0.4, 0.5) is 22.9 Å². The minimum absolute atomic E-state index is 0.0493. The summed E-state index contributed by atoms with van der Waals surface area (Å²) < 4.78 is 2.23. The van der Waals surface area contributed by atoms with Crippen LogP contribution in [0, 0.1) is 0 Å². The normalized spacial score (nSPS) is 15.3. The Hall–Kier alpha value is -3.32. The lowest BCUT2D eigenvalue weighted by atomic mass is 10.0. The van der Waals surface area contributed by atoms with Crippen LogP contribution >= 0.6 is 0 Å². The smallest absolute Gasteiger partial charge is 0.255 e. The highest BCUT2D eigenvalue weighted by molar-refractivity contribution is 6.00. The van der Waals surface area contributed by atoms with Crippen molar-refractivity contribution in [1.29, 1.82) is 0 Å². The third-order valence-corrected chi connectivity index (χ3v) is 5.90. The molecule has 7 nitrogen and oxygen atoms in total. The van der Waals surface area contributed by atoms with Gasteiger partial charge in [-0.05, 0) is 69.0 Å². The molecule has 7 heteroatoms. The predicted octanol–water partition coefficient (Wildman–Crippen LogP) is 4.49. The molecule has 166 valence electrons. The van der Waals surface area contributed by atoms with E-state index in [2.05, 4.69) is 61.4 Å². The van der Waals surface area contributed by atoms with Gasteiger partial charge in [-0.15, -0.1) is 0 Å². The van der Waals surface area contributed by atoms with Crippen LogP contribution in [0.25, 0.3) is 0 Å². The van der Waals surface area contributed by atoms with E-state index in [1.165, 1.54) is 24.0 Å². The molecule has 1 aliphatic heterocycles. The molecule has 1 aromatic carbocycles. The zero-order valence-electron chi connectivity index (χ0n) is 18.6. The van der Waals surface area contributed by atoms with Gasteiger partial charge in [0.25, 0.3) is 5.91 Å². The molecule has 0 radical (unpaired) electrons. The molecule has 1 saturated carbocycles. The Morgan fingerprint density at radius 1 is 1.12 bits per heavy atom. The Morgan fingerprint density at radius 3 is 2.81 bits per heavy atom. The number of carbonyl (C=O) groups excluding carboxylic acids is 1. The number of nitrogens with one attached hydrogen (secondary N) is 4. The zero-order valence-corrected chi connectivity index (χ0v) is 18.6. The summed E-state index contributed by atoms with van der Waals surface area (Å²) in [5.41, 5.74) is 5.92. The molecule has 0 saturated heterocycles. The van der Waals surface area contributed by atoms with Gasteiger partial charge in [0, 0.05) is 49.0 Å². The van der Waals surface area contributed by atoms with Gasteiger partial charge in [0.2, 0.25) is 0 Å². The molecule has 3 aromatic rings. The molecule has 0 unspecified atom stereocenters. The highest BCUT2D eigenvalue weighted by Crippen LogP contribution is 2.36. The quantitative estimate of drug-likeness (QED) is 0.444. The van der Waals surface area contributed by atoms with Gasteiger partial charge >= 0.3 is 0 Å². The Balaban J connectivity index is 1.41. The fourth-order valence-electron chi connectivity index (χ4n) is 4.10. The van der Waals surface area contributed by atoms with Gasteiger partial charge in [-0.2, -0.15) is 0 Å². The third-order valence-electron chi connectivity index (χ3n) is 5.90. The average molecular weight is 431 g/mol. The fourth-order valence-corrected chi connectivity index (χ4v) is 4.10. The largest absolute Gasteiger partial charge is 0.353 e. The Bertz CT molecular complexity index is 1130. The van der Waals surface area contributed by atoms with Crippen molar-refractivity contribution in [2.45, 2.75) is 51.7 Å². The minimum Gasteiger partial charge on any atom is -0.353 e. The summed E-state index contributed by atoms with van der Waals surface area (Å²) in [5.74, 6) is 0.557. The van der Waals surface area contributed by atoms with Gasteiger partial charge in [-0.25, -0.2) is 4.98 Å². The molecule has 4 N–H and O–H groups in total. The molecule has 2 aliphatic rings. The van der Waals surface area contributed by atoms with E-state index in [0.717, 1.165) is 36.6 Å². The van der Waals surface area contributed by atoms with Crippen molar-refractivity contribution in [2.24, 2.45) is 0 Å². The first-order chi connectivity index (χ1) is 15.5. The van der Waals surface area contributed by atoms with Crippen LogP contribution in [0.15, 0.2) is 48.9 Å². The maximum atomic E-state index is 12.8. The predicted molar refractivity (Wildman–Crippen MR) is 128 cm³/mol. The number of rotatable bonds is 7. The van der Waals surface area contributed by atoms with E-state index >= 15 is 0 Å². The fraction of sp³-hybridized carbons (Fsp3) is 0.360. The summed E-state index contributed by atoms with van der Waals surface area (Å²) in [7, 11) is 0. The molecule has 3 heterocycles. The highest BCUT2D eigenvalue weighted by Gasteiger charge is 2.23. The van der Waals surface area contributed by atoms with Gasteiger partial charge in [0.1, 0.15) is 5.82 Å². The van der Waals surface area contributed by atoms with E-state index < -0.39 is 0 Å². The number of anilines is 4. The van der Waals surface area contributed by atoms with E-state index in [1.54, 1.807) is 6.20 Å². The number of nitrogens with zero attached hydrogens (tertiary/aromatic N) is 2. The average Bonchev–Trinajstić information content (AvgIpc) is 3.52. The van der Waals surface area contributed by atoms with Crippen LogP contribution in [0.1, 0.15) is 54.2 Å². The van der Waals surface area contributed by atoms with Crippen molar-refractivity contribution < 1.29 is 4.79 Å². The molecule has 0 atom stereocenters. The van der Waals surface area contributed by atoms with Crippen molar-refractivity contribution in [3.05, 3.63) is 65.6 Å². The van der Waals surface area contributed by atoms with E-state index in [4.69, 9.17) is 0 Å². The lowest BCUT2D eigenvalue weighted by molar-refractivity contribution is 0.0943. The van der Waals surface area contributed by atoms with Gasteiger partial charge < -0.3 is 25.8 Å². The summed E-state index contributed by atoms with van der Waals surface area (Å²) in [4.78, 5) is 17.3. The van der Waals surface area contributed by atoms with E-state index in [-0.39, 0.29) is 11.9 Å². The van der Waals surface area contributed by atoms with Gasteiger partial charge in [0.05, 0.1) is 16.9 Å². The lowest BCUT2D eigenvalue weighted by Gasteiger charge is -2.19. The molecule has 2 aromatic heterocycles. The zero-order chi connectivity index (χ0) is 22.1. The molecule has 5 rings (SSSR count). The number of hydrogen-bond donors (Lipinski definition) is 4. The SMILES string of the molecule is CC(C)NC(=O)c1cnc(Nc2ccc3c(c2)CNCC3)cc1Nc1ccn(C2CC2)c1. The Kier molecular flexibility index (Phi) is 5.57. The molecular weight excluding hydrogens is 400 g/mol. The first kappa shape index (κ1) is 20.6. The maximum Gasteiger partial charge on any atom is 0.255 e. The van der Waals surface area contributed by atoms with E-state index in [1.807, 2.05) is 26.0 Å². The number of aromatic nitrogens is 2. The van der Waals surface area contributed by atoms with Gasteiger partial charge in [0.15, 0.2) is 0 Å². The van der Waals surface area contributed by atoms with Crippen LogP contribution in [0.2, 0.25) is 0 Å². The van der Waals surface area contributed by atoms with Crippen molar-refractivity contribution >= 4 is 28.8 Å². The second kappa shape index (κ2) is 8.67. The molecule has 1 fully saturated rings. The first-order valence-electron chi connectivity index (χ1n) is 11.4. The topological polar surface area (TPSA) is 83.0 Å². The molecule has 32 heavy (non-hydrogen) atoms. The number of carbonyl (C=O) groups is 1. The minimum atomic E-state index is -0.136. The standard InChI is InChI=1S/C25H30N6O/c1-16(2)28-25(32)22-14-27-24(30-19-4-3-17-7-9-26-13-18(17)11-19)12-23(22)29-20-8-10-31(15-20)21-5-6-21/h3-4,8,10-12,14-16,21,26H,5-7,9,13H2,1-2H3,(H,28,32)(H2,27,29,30). The third kappa shape index (κ3) is 4.62. The second-order valence-corrected chi connectivity index (χ2v) is 8.98. The monoisotopic (exact) mass is 430 g/mol. The highest BCUT2D eigenvalue weighted by atomic mass is 16.1. The number of pyridine rings is 1. The van der Waals surface area contributed by atoms with Gasteiger partial charge in [-0.3, -0.25) is 4.79 Å². The lowest BCUT2D eigenvalue weighted by Crippen LogP contribution is -2.30. The second-order valence-electron chi connectivity index (χ2n) is 8.98. The van der Waals surface area contributed by atoms with Crippen LogP contribution in [0.5, 0.6) is 0 Å². The summed E-state index contributed by atoms with van der Waals surface area (Å²) in [5, 5.41) is 13.2. The summed E-state index contributed by atoms with van der Waals surface area (Å²) in [6.07, 6.45) is 9.36. The molecule has 1 amide bonds. The summed E-state index contributed by atoms with van der Waals surface area (Å²) in [6, 6.07) is 11.1. The van der Waals surface area contributed by atoms with Crippen LogP contribution in [0.3, 0.4) is 0 Å². The van der Waals surface area contributed by atoms with E-state index in [9.17, 15) is 4.79 Å². The first-order valence-corrected chi connectivity index (χ1v) is 11.4. The van der Waals surface area contributed by atoms with Crippen molar-refractivity contribution in [3.8, 4) is 0 Å². The van der Waals surface area contributed by atoms with Crippen LogP contribution < -0.4 is 21.3 Å². The van der Waals surface area contributed by atoms with Crippen LogP contribution in [-0.4, -0.2) is 28.0 Å². The van der Waals surface area contributed by atoms with E-state index in [0.29, 0.717) is 17.4 Å².